The molecule has 0 aliphatic heterocycles. The van der Waals surface area contributed by atoms with Crippen molar-refractivity contribution in [3.63, 3.8) is 0 Å². The molecule has 2 aromatic rings. The highest BCUT2D eigenvalue weighted by atomic mass is 32.2. The Kier molecular flexibility index (Phi) is 4.49. The number of carboxylic acid groups (broad SMARTS) is 1. The molecule has 112 valence electrons. The van der Waals surface area contributed by atoms with Gasteiger partial charge in [-0.2, -0.15) is 0 Å². The maximum Gasteiger partial charge on any atom is 0.273 e. The number of rotatable bonds is 6. The molecule has 1 aromatic heterocycles. The first-order valence-electron chi connectivity index (χ1n) is 5.86. The molecule has 0 aliphatic rings. The number of benzene rings is 1. The first kappa shape index (κ1) is 15.3. The highest BCUT2D eigenvalue weighted by Gasteiger charge is 2.22. The van der Waals surface area contributed by atoms with Gasteiger partial charge in [0.1, 0.15) is 16.6 Å². The lowest BCUT2D eigenvalue weighted by atomic mass is 10.3. The molecular weight excluding hydrogens is 314 g/mol. The summed E-state index contributed by atoms with van der Waals surface area (Å²) in [6.45, 7) is -0.553. The molecule has 0 aliphatic carbocycles. The first-order valence-corrected chi connectivity index (χ1v) is 8.18. The summed E-state index contributed by atoms with van der Waals surface area (Å²) < 4.78 is 31.0. The van der Waals surface area contributed by atoms with Gasteiger partial charge >= 0.3 is 0 Å². The van der Waals surface area contributed by atoms with Gasteiger partial charge in [0.15, 0.2) is 0 Å². The lowest BCUT2D eigenvalue weighted by molar-refractivity contribution is -0.307. The molecule has 0 saturated carbocycles. The monoisotopic (exact) mass is 326 g/mol. The number of aliphatic carboxylic acids is 1. The zero-order valence-electron chi connectivity index (χ0n) is 11.1. The van der Waals surface area contributed by atoms with E-state index in [4.69, 9.17) is 4.74 Å². The highest BCUT2D eigenvalue weighted by Crippen LogP contribution is 2.26. The summed E-state index contributed by atoms with van der Waals surface area (Å²) in [6, 6.07) is 9.28. The number of anilines is 1. The number of carbonyl (C=O) groups is 1. The molecule has 0 unspecified atom stereocenters. The van der Waals surface area contributed by atoms with Gasteiger partial charge in [-0.1, -0.05) is 6.07 Å². The molecule has 0 spiro atoms. The summed E-state index contributed by atoms with van der Waals surface area (Å²) in [6.07, 6.45) is 0. The van der Waals surface area contributed by atoms with Crippen LogP contribution in [0.25, 0.3) is 0 Å². The van der Waals surface area contributed by atoms with Crippen molar-refractivity contribution >= 4 is 33.0 Å². The lowest BCUT2D eigenvalue weighted by Crippen LogP contribution is -2.29. The summed E-state index contributed by atoms with van der Waals surface area (Å²) in [4.78, 5) is 10.3. The minimum Gasteiger partial charge on any atom is -0.546 e. The van der Waals surface area contributed by atoms with Crippen LogP contribution in [0.4, 0.5) is 5.69 Å². The third-order valence-corrected chi connectivity index (χ3v) is 5.83. The molecule has 1 heterocycles. The first-order chi connectivity index (χ1) is 9.91. The molecule has 0 amide bonds. The summed E-state index contributed by atoms with van der Waals surface area (Å²) in [5.74, 6) is -0.999. The van der Waals surface area contributed by atoms with E-state index in [2.05, 4.69) is 0 Å². The Morgan fingerprint density at radius 2 is 1.95 bits per heavy atom. The number of carbonyl (C=O) groups excluding carboxylic acids is 1. The lowest BCUT2D eigenvalue weighted by Gasteiger charge is -2.18. The standard InChI is InChI=1S/C13H13NO5S2/c1-14(21(17,18)13-3-2-8-20-13)10-4-6-11(7-5-10)19-9-12(15)16/h2-8H,9H2,1H3,(H,15,16)/p-1. The fraction of sp³-hybridized carbons (Fsp3) is 0.154. The third kappa shape index (κ3) is 3.53. The van der Waals surface area contributed by atoms with Gasteiger partial charge in [0, 0.05) is 7.05 Å². The molecule has 21 heavy (non-hydrogen) atoms. The normalized spacial score (nSPS) is 11.1. The second-order valence-corrected chi connectivity index (χ2v) is 7.20. The smallest absolute Gasteiger partial charge is 0.273 e. The Hall–Kier alpha value is -2.06. The number of hydrogen-bond donors (Lipinski definition) is 0. The molecule has 0 fully saturated rings. The third-order valence-electron chi connectivity index (χ3n) is 2.67. The van der Waals surface area contributed by atoms with Gasteiger partial charge in [0.05, 0.1) is 11.7 Å². The van der Waals surface area contributed by atoms with Gasteiger partial charge in [0.25, 0.3) is 10.0 Å². The predicted molar refractivity (Wildman–Crippen MR) is 76.9 cm³/mol. The fourth-order valence-electron chi connectivity index (χ4n) is 1.58. The van der Waals surface area contributed by atoms with Gasteiger partial charge in [-0.25, -0.2) is 8.42 Å². The fourth-order valence-corrected chi connectivity index (χ4v) is 3.94. The SMILES string of the molecule is CN(c1ccc(OCC(=O)[O-])cc1)S(=O)(=O)c1cccs1. The number of ether oxygens (including phenoxy) is 1. The van der Waals surface area contributed by atoms with Crippen molar-refractivity contribution in [3.05, 3.63) is 41.8 Å². The van der Waals surface area contributed by atoms with Crippen molar-refractivity contribution in [2.45, 2.75) is 4.21 Å². The van der Waals surface area contributed by atoms with E-state index in [1.54, 1.807) is 11.4 Å². The number of sulfonamides is 1. The minimum atomic E-state index is -3.58. The van der Waals surface area contributed by atoms with Gasteiger partial charge < -0.3 is 14.6 Å². The van der Waals surface area contributed by atoms with E-state index in [0.29, 0.717) is 11.4 Å². The van der Waals surface area contributed by atoms with Crippen molar-refractivity contribution < 1.29 is 23.1 Å². The van der Waals surface area contributed by atoms with E-state index in [9.17, 15) is 18.3 Å². The average Bonchev–Trinajstić information content (AvgIpc) is 2.99. The Labute approximate surface area is 126 Å². The van der Waals surface area contributed by atoms with Gasteiger partial charge in [-0.15, -0.1) is 11.3 Å². The second kappa shape index (κ2) is 6.15. The summed E-state index contributed by atoms with van der Waals surface area (Å²) in [7, 11) is -2.13. The summed E-state index contributed by atoms with van der Waals surface area (Å²) in [5, 5.41) is 12.0. The number of nitrogens with zero attached hydrogens (tertiary/aromatic N) is 1. The van der Waals surface area contributed by atoms with E-state index in [1.165, 1.54) is 37.4 Å². The minimum absolute atomic E-state index is 0.252. The van der Waals surface area contributed by atoms with Crippen molar-refractivity contribution in [3.8, 4) is 5.75 Å². The molecule has 0 saturated heterocycles. The van der Waals surface area contributed by atoms with Crippen LogP contribution in [0, 0.1) is 0 Å². The summed E-state index contributed by atoms with van der Waals surface area (Å²) in [5.41, 5.74) is 0.448. The van der Waals surface area contributed by atoms with E-state index in [0.717, 1.165) is 15.6 Å². The molecule has 1 aromatic carbocycles. The van der Waals surface area contributed by atoms with Crippen LogP contribution in [0.2, 0.25) is 0 Å². The van der Waals surface area contributed by atoms with Crippen LogP contribution in [-0.2, 0) is 14.8 Å². The van der Waals surface area contributed by atoms with Crippen LogP contribution >= 0.6 is 11.3 Å². The van der Waals surface area contributed by atoms with Crippen molar-refractivity contribution in [2.24, 2.45) is 0 Å². The molecule has 0 bridgehead atoms. The summed E-state index contributed by atoms with van der Waals surface area (Å²) >= 11 is 1.14. The number of hydrogen-bond acceptors (Lipinski definition) is 6. The van der Waals surface area contributed by atoms with Crippen molar-refractivity contribution in [1.29, 1.82) is 0 Å². The van der Waals surface area contributed by atoms with E-state index in [1.807, 2.05) is 0 Å². The van der Waals surface area contributed by atoms with Crippen LogP contribution in [0.3, 0.4) is 0 Å². The Morgan fingerprint density at radius 3 is 2.48 bits per heavy atom. The van der Waals surface area contributed by atoms with E-state index >= 15 is 0 Å². The van der Waals surface area contributed by atoms with Crippen LogP contribution < -0.4 is 14.1 Å². The van der Waals surface area contributed by atoms with E-state index in [-0.39, 0.29) is 4.21 Å². The largest absolute Gasteiger partial charge is 0.546 e. The van der Waals surface area contributed by atoms with Gasteiger partial charge in [0.2, 0.25) is 0 Å². The van der Waals surface area contributed by atoms with Crippen molar-refractivity contribution in [2.75, 3.05) is 18.0 Å². The maximum absolute atomic E-state index is 12.3. The van der Waals surface area contributed by atoms with Crippen LogP contribution in [0.15, 0.2) is 46.0 Å². The molecule has 6 nitrogen and oxygen atoms in total. The second-order valence-electron chi connectivity index (χ2n) is 4.06. The molecule has 0 N–H and O–H groups in total. The van der Waals surface area contributed by atoms with E-state index < -0.39 is 22.6 Å². The molecule has 0 radical (unpaired) electrons. The van der Waals surface area contributed by atoms with Gasteiger partial charge in [-0.3, -0.25) is 4.31 Å². The predicted octanol–water partition coefficient (Wildman–Crippen LogP) is 0.702. The number of thiophene rings is 1. The molecule has 8 heteroatoms. The number of carboxylic acids is 1. The highest BCUT2D eigenvalue weighted by molar-refractivity contribution is 7.94. The van der Waals surface area contributed by atoms with Crippen LogP contribution in [-0.4, -0.2) is 28.0 Å². The zero-order chi connectivity index (χ0) is 15.5. The zero-order valence-corrected chi connectivity index (χ0v) is 12.7. The van der Waals surface area contributed by atoms with Gasteiger partial charge in [-0.05, 0) is 35.7 Å². The average molecular weight is 326 g/mol. The molecular formula is C13H12NO5S2-. The van der Waals surface area contributed by atoms with Crippen LogP contribution in [0.5, 0.6) is 5.75 Å². The van der Waals surface area contributed by atoms with Crippen molar-refractivity contribution in [1.82, 2.24) is 0 Å². The Morgan fingerprint density at radius 1 is 1.29 bits per heavy atom. The molecule has 2 rings (SSSR count). The maximum atomic E-state index is 12.3. The quantitative estimate of drug-likeness (QED) is 0.780. The molecule has 0 atom stereocenters. The Balaban J connectivity index is 2.17. The Bertz CT molecular complexity index is 708. The van der Waals surface area contributed by atoms with Crippen LogP contribution in [0.1, 0.15) is 0 Å². The topological polar surface area (TPSA) is 86.7 Å².